The van der Waals surface area contributed by atoms with E-state index in [1.54, 1.807) is 11.3 Å². The van der Waals surface area contributed by atoms with E-state index in [0.717, 1.165) is 17.7 Å². The van der Waals surface area contributed by atoms with E-state index in [1.807, 2.05) is 25.1 Å². The third-order valence-electron chi connectivity index (χ3n) is 3.50. The molecule has 2 nitrogen and oxygen atoms in total. The molecule has 0 amide bonds. The summed E-state index contributed by atoms with van der Waals surface area (Å²) in [5.41, 5.74) is 2.10. The topological polar surface area (TPSA) is 23.5 Å². The largest absolute Gasteiger partial charge is 0.389 e. The van der Waals surface area contributed by atoms with Crippen LogP contribution < -0.4 is 4.90 Å². The van der Waals surface area contributed by atoms with Gasteiger partial charge in [0.15, 0.2) is 0 Å². The van der Waals surface area contributed by atoms with Crippen molar-refractivity contribution in [1.29, 1.82) is 0 Å². The van der Waals surface area contributed by atoms with Gasteiger partial charge in [0.25, 0.3) is 0 Å². The van der Waals surface area contributed by atoms with E-state index in [9.17, 15) is 5.11 Å². The molecule has 0 saturated heterocycles. The molecule has 1 aromatic heterocycles. The SMILES string of the molecule is CC(Cc1cccs1)N(C)c1ccccc1[C@H](C)O. The number of hydrogen-bond donors (Lipinski definition) is 1. The van der Waals surface area contributed by atoms with Gasteiger partial charge in [-0.3, -0.25) is 0 Å². The highest BCUT2D eigenvalue weighted by atomic mass is 32.1. The maximum Gasteiger partial charge on any atom is 0.0781 e. The molecule has 1 heterocycles. The molecular weight excluding hydrogens is 254 g/mol. The van der Waals surface area contributed by atoms with Crippen molar-refractivity contribution in [2.24, 2.45) is 0 Å². The fourth-order valence-electron chi connectivity index (χ4n) is 2.26. The maximum absolute atomic E-state index is 9.87. The Hall–Kier alpha value is -1.32. The molecule has 2 aromatic rings. The molecular formula is C16H21NOS. The highest BCUT2D eigenvalue weighted by Crippen LogP contribution is 2.27. The number of likely N-dealkylation sites (N-methyl/N-ethyl adjacent to an activating group) is 1. The van der Waals surface area contributed by atoms with Crippen LogP contribution in [0.3, 0.4) is 0 Å². The summed E-state index contributed by atoms with van der Waals surface area (Å²) in [6.07, 6.45) is 0.593. The Morgan fingerprint density at radius 1 is 1.16 bits per heavy atom. The van der Waals surface area contributed by atoms with Crippen LogP contribution in [0, 0.1) is 0 Å². The van der Waals surface area contributed by atoms with E-state index in [4.69, 9.17) is 0 Å². The summed E-state index contributed by atoms with van der Waals surface area (Å²) >= 11 is 1.80. The number of benzene rings is 1. The van der Waals surface area contributed by atoms with E-state index in [1.165, 1.54) is 4.88 Å². The average molecular weight is 275 g/mol. The molecule has 102 valence electrons. The molecule has 2 atom stereocenters. The predicted octanol–water partition coefficient (Wildman–Crippen LogP) is 3.87. The number of thiophene rings is 1. The monoisotopic (exact) mass is 275 g/mol. The minimum atomic E-state index is -0.437. The first-order valence-corrected chi connectivity index (χ1v) is 7.49. The van der Waals surface area contributed by atoms with Crippen LogP contribution in [0.1, 0.15) is 30.4 Å². The quantitative estimate of drug-likeness (QED) is 0.895. The Balaban J connectivity index is 2.16. The molecule has 0 radical (unpaired) electrons. The summed E-state index contributed by atoms with van der Waals surface area (Å²) in [6.45, 7) is 4.04. The number of anilines is 1. The molecule has 0 spiro atoms. The van der Waals surface area contributed by atoms with E-state index in [0.29, 0.717) is 6.04 Å². The number of aliphatic hydroxyl groups is 1. The third-order valence-corrected chi connectivity index (χ3v) is 4.40. The zero-order valence-corrected chi connectivity index (χ0v) is 12.5. The van der Waals surface area contributed by atoms with Gasteiger partial charge < -0.3 is 10.0 Å². The van der Waals surface area contributed by atoms with Crippen molar-refractivity contribution in [3.05, 3.63) is 52.2 Å². The summed E-state index contributed by atoms with van der Waals surface area (Å²) in [6, 6.07) is 12.7. The number of rotatable bonds is 5. The lowest BCUT2D eigenvalue weighted by molar-refractivity contribution is 0.199. The predicted molar refractivity (Wildman–Crippen MR) is 83.0 cm³/mol. The summed E-state index contributed by atoms with van der Waals surface area (Å²) in [4.78, 5) is 3.65. The fraction of sp³-hybridized carbons (Fsp3) is 0.375. The van der Waals surface area contributed by atoms with Crippen molar-refractivity contribution in [2.75, 3.05) is 11.9 Å². The van der Waals surface area contributed by atoms with Gasteiger partial charge in [-0.1, -0.05) is 24.3 Å². The summed E-state index contributed by atoms with van der Waals surface area (Å²) in [5, 5.41) is 12.0. The maximum atomic E-state index is 9.87. The lowest BCUT2D eigenvalue weighted by atomic mass is 10.1. The van der Waals surface area contributed by atoms with Crippen LogP contribution in [-0.2, 0) is 6.42 Å². The molecule has 0 aliphatic carbocycles. The van der Waals surface area contributed by atoms with Crippen molar-refractivity contribution >= 4 is 17.0 Å². The first-order valence-electron chi connectivity index (χ1n) is 6.61. The standard InChI is InChI=1S/C16H21NOS/c1-12(11-14-7-6-10-19-14)17(3)16-9-5-4-8-15(16)13(2)18/h4-10,12-13,18H,11H2,1-3H3/t12?,13-/m0/s1. The van der Waals surface area contributed by atoms with Crippen molar-refractivity contribution in [2.45, 2.75) is 32.4 Å². The van der Waals surface area contributed by atoms with E-state index in [-0.39, 0.29) is 0 Å². The number of para-hydroxylation sites is 1. The average Bonchev–Trinajstić information content (AvgIpc) is 2.90. The van der Waals surface area contributed by atoms with Crippen LogP contribution in [0.4, 0.5) is 5.69 Å². The fourth-order valence-corrected chi connectivity index (χ4v) is 3.08. The normalized spacial score (nSPS) is 14.1. The molecule has 3 heteroatoms. The lowest BCUT2D eigenvalue weighted by Gasteiger charge is -2.29. The summed E-state index contributed by atoms with van der Waals surface area (Å²) in [5.74, 6) is 0. The zero-order valence-electron chi connectivity index (χ0n) is 11.7. The minimum Gasteiger partial charge on any atom is -0.389 e. The van der Waals surface area contributed by atoms with Crippen LogP contribution in [0.5, 0.6) is 0 Å². The highest BCUT2D eigenvalue weighted by Gasteiger charge is 2.16. The van der Waals surface area contributed by atoms with Crippen LogP contribution in [0.2, 0.25) is 0 Å². The van der Waals surface area contributed by atoms with Gasteiger partial charge in [0, 0.05) is 35.6 Å². The van der Waals surface area contributed by atoms with Gasteiger partial charge in [-0.2, -0.15) is 0 Å². The summed E-state index contributed by atoms with van der Waals surface area (Å²) < 4.78 is 0. The van der Waals surface area contributed by atoms with Crippen molar-refractivity contribution in [3.8, 4) is 0 Å². The molecule has 2 rings (SSSR count). The van der Waals surface area contributed by atoms with Crippen LogP contribution in [0.25, 0.3) is 0 Å². The van der Waals surface area contributed by atoms with Crippen molar-refractivity contribution in [3.63, 3.8) is 0 Å². The molecule has 0 fully saturated rings. The van der Waals surface area contributed by atoms with E-state index in [2.05, 4.69) is 42.5 Å². The molecule has 0 aliphatic rings. The minimum absolute atomic E-state index is 0.401. The molecule has 1 unspecified atom stereocenters. The Bertz CT molecular complexity index is 507. The van der Waals surface area contributed by atoms with Crippen molar-refractivity contribution in [1.82, 2.24) is 0 Å². The first kappa shape index (κ1) is 14.1. The highest BCUT2D eigenvalue weighted by molar-refractivity contribution is 7.09. The second-order valence-corrected chi connectivity index (χ2v) is 6.01. The Morgan fingerprint density at radius 3 is 2.53 bits per heavy atom. The van der Waals surface area contributed by atoms with Crippen LogP contribution >= 0.6 is 11.3 Å². The van der Waals surface area contributed by atoms with Gasteiger partial charge in [0.1, 0.15) is 0 Å². The lowest BCUT2D eigenvalue weighted by Crippen LogP contribution is -2.31. The van der Waals surface area contributed by atoms with Gasteiger partial charge in [-0.25, -0.2) is 0 Å². The molecule has 1 aromatic carbocycles. The zero-order chi connectivity index (χ0) is 13.8. The number of nitrogens with zero attached hydrogens (tertiary/aromatic N) is 1. The molecule has 1 N–H and O–H groups in total. The number of hydrogen-bond acceptors (Lipinski definition) is 3. The smallest absolute Gasteiger partial charge is 0.0781 e. The van der Waals surface area contributed by atoms with Gasteiger partial charge in [-0.05, 0) is 31.4 Å². The van der Waals surface area contributed by atoms with Gasteiger partial charge in [0.05, 0.1) is 6.10 Å². The van der Waals surface area contributed by atoms with Crippen LogP contribution in [-0.4, -0.2) is 18.2 Å². The second-order valence-electron chi connectivity index (χ2n) is 4.98. The van der Waals surface area contributed by atoms with Gasteiger partial charge in [0.2, 0.25) is 0 Å². The van der Waals surface area contributed by atoms with Gasteiger partial charge in [-0.15, -0.1) is 11.3 Å². The molecule has 0 saturated carbocycles. The van der Waals surface area contributed by atoms with Gasteiger partial charge >= 0.3 is 0 Å². The Labute approximate surface area is 119 Å². The van der Waals surface area contributed by atoms with E-state index < -0.39 is 6.10 Å². The second kappa shape index (κ2) is 6.22. The van der Waals surface area contributed by atoms with Crippen molar-refractivity contribution < 1.29 is 5.11 Å². The first-order chi connectivity index (χ1) is 9.09. The molecule has 0 bridgehead atoms. The molecule has 0 aliphatic heterocycles. The number of aliphatic hydroxyl groups excluding tert-OH is 1. The molecule has 19 heavy (non-hydrogen) atoms. The van der Waals surface area contributed by atoms with Crippen LogP contribution in [0.15, 0.2) is 41.8 Å². The Morgan fingerprint density at radius 2 is 1.89 bits per heavy atom. The summed E-state index contributed by atoms with van der Waals surface area (Å²) in [7, 11) is 2.10. The Kier molecular flexibility index (Phi) is 4.61. The van der Waals surface area contributed by atoms with E-state index >= 15 is 0 Å². The third kappa shape index (κ3) is 3.37.